The van der Waals surface area contributed by atoms with E-state index in [2.05, 4.69) is 25.6 Å². The molecule has 0 amide bonds. The van der Waals surface area contributed by atoms with Crippen molar-refractivity contribution in [3.8, 4) is 5.75 Å². The molecular formula is C13H21NO2. The normalized spacial score (nSPS) is 11.8. The van der Waals surface area contributed by atoms with Crippen LogP contribution in [0.15, 0.2) is 18.2 Å². The van der Waals surface area contributed by atoms with Crippen molar-refractivity contribution in [2.45, 2.75) is 39.0 Å². The van der Waals surface area contributed by atoms with Gasteiger partial charge in [-0.05, 0) is 29.0 Å². The Morgan fingerprint density at radius 2 is 2.06 bits per heavy atom. The molecule has 3 N–H and O–H groups in total. The third-order valence-corrected chi connectivity index (χ3v) is 3.23. The topological polar surface area (TPSA) is 55.5 Å². The van der Waals surface area contributed by atoms with E-state index in [1.807, 2.05) is 12.1 Å². The monoisotopic (exact) mass is 223 g/mol. The number of aromatic hydroxyl groups is 1. The van der Waals surface area contributed by atoms with Crippen LogP contribution < -0.4 is 5.90 Å². The lowest BCUT2D eigenvalue weighted by molar-refractivity contribution is 0.140. The van der Waals surface area contributed by atoms with Gasteiger partial charge in [0.2, 0.25) is 0 Å². The fraction of sp³-hybridized carbons (Fsp3) is 0.538. The van der Waals surface area contributed by atoms with Crippen LogP contribution in [0.1, 0.15) is 38.3 Å². The average molecular weight is 223 g/mol. The smallest absolute Gasteiger partial charge is 0.118 e. The van der Waals surface area contributed by atoms with Crippen LogP contribution >= 0.6 is 0 Å². The number of rotatable bonds is 5. The number of phenols is 1. The molecule has 0 fully saturated rings. The van der Waals surface area contributed by atoms with Crippen molar-refractivity contribution < 1.29 is 9.94 Å². The van der Waals surface area contributed by atoms with Crippen LogP contribution in [0.2, 0.25) is 0 Å². The Hall–Kier alpha value is -1.06. The minimum Gasteiger partial charge on any atom is -0.508 e. The van der Waals surface area contributed by atoms with Crippen LogP contribution in [0.3, 0.4) is 0 Å². The lowest BCUT2D eigenvalue weighted by atomic mass is 9.81. The molecule has 0 saturated carbocycles. The maximum absolute atomic E-state index is 9.70. The Bertz CT molecular complexity index is 348. The highest BCUT2D eigenvalue weighted by Gasteiger charge is 2.19. The van der Waals surface area contributed by atoms with Crippen molar-refractivity contribution >= 4 is 0 Å². The quantitative estimate of drug-likeness (QED) is 0.754. The second-order valence-corrected chi connectivity index (χ2v) is 4.70. The second-order valence-electron chi connectivity index (χ2n) is 4.70. The number of benzene rings is 1. The van der Waals surface area contributed by atoms with E-state index in [0.29, 0.717) is 18.8 Å². The fourth-order valence-electron chi connectivity index (χ4n) is 1.58. The molecule has 1 rings (SSSR count). The molecule has 0 unspecified atom stereocenters. The fourth-order valence-corrected chi connectivity index (χ4v) is 1.58. The molecule has 0 aliphatic heterocycles. The van der Waals surface area contributed by atoms with Crippen molar-refractivity contribution in [1.29, 1.82) is 0 Å². The van der Waals surface area contributed by atoms with Gasteiger partial charge in [-0.2, -0.15) is 0 Å². The van der Waals surface area contributed by atoms with E-state index in [0.717, 1.165) is 12.0 Å². The summed E-state index contributed by atoms with van der Waals surface area (Å²) in [6.07, 6.45) is 1.70. The summed E-state index contributed by atoms with van der Waals surface area (Å²) in [4.78, 5) is 4.54. The summed E-state index contributed by atoms with van der Waals surface area (Å²) >= 11 is 0. The Morgan fingerprint density at radius 1 is 1.38 bits per heavy atom. The molecule has 0 heterocycles. The molecular weight excluding hydrogens is 202 g/mol. The molecule has 0 aromatic heterocycles. The number of hydrogen-bond donors (Lipinski definition) is 2. The van der Waals surface area contributed by atoms with Crippen molar-refractivity contribution in [2.24, 2.45) is 5.90 Å². The lowest BCUT2D eigenvalue weighted by Crippen LogP contribution is -2.16. The second kappa shape index (κ2) is 5.32. The van der Waals surface area contributed by atoms with Crippen LogP contribution in [-0.2, 0) is 16.7 Å². The standard InChI is InChI=1S/C13H21NO2/c1-4-13(2,3)11-5-6-12(15)10(9-11)7-8-16-14/h5-6,9,15H,4,7-8,14H2,1-3H3. The van der Waals surface area contributed by atoms with Gasteiger partial charge in [0.15, 0.2) is 0 Å². The predicted octanol–water partition coefficient (Wildman–Crippen LogP) is 2.51. The van der Waals surface area contributed by atoms with Gasteiger partial charge in [0, 0.05) is 6.42 Å². The highest BCUT2D eigenvalue weighted by Crippen LogP contribution is 2.30. The van der Waals surface area contributed by atoms with Gasteiger partial charge in [0.05, 0.1) is 6.61 Å². The zero-order valence-electron chi connectivity index (χ0n) is 10.3. The molecule has 3 heteroatoms. The SMILES string of the molecule is CCC(C)(C)c1ccc(O)c(CCON)c1. The lowest BCUT2D eigenvalue weighted by Gasteiger charge is -2.24. The maximum Gasteiger partial charge on any atom is 0.118 e. The number of hydrogen-bond acceptors (Lipinski definition) is 3. The molecule has 3 nitrogen and oxygen atoms in total. The molecule has 1 aromatic carbocycles. The van der Waals surface area contributed by atoms with E-state index < -0.39 is 0 Å². The van der Waals surface area contributed by atoms with Gasteiger partial charge in [-0.15, -0.1) is 0 Å². The van der Waals surface area contributed by atoms with Gasteiger partial charge >= 0.3 is 0 Å². The van der Waals surface area contributed by atoms with Crippen molar-refractivity contribution in [2.75, 3.05) is 6.61 Å². The van der Waals surface area contributed by atoms with Crippen LogP contribution in [0, 0.1) is 0 Å². The predicted molar refractivity (Wildman–Crippen MR) is 65.3 cm³/mol. The van der Waals surface area contributed by atoms with Gasteiger partial charge in [-0.1, -0.05) is 32.9 Å². The van der Waals surface area contributed by atoms with E-state index in [1.165, 1.54) is 5.56 Å². The van der Waals surface area contributed by atoms with Crippen LogP contribution in [0.25, 0.3) is 0 Å². The molecule has 0 aliphatic rings. The third-order valence-electron chi connectivity index (χ3n) is 3.23. The Morgan fingerprint density at radius 3 is 2.62 bits per heavy atom. The molecule has 90 valence electrons. The molecule has 0 spiro atoms. The Labute approximate surface area is 97.2 Å². The zero-order valence-corrected chi connectivity index (χ0v) is 10.3. The number of nitrogens with two attached hydrogens (primary N) is 1. The van der Waals surface area contributed by atoms with E-state index >= 15 is 0 Å². The summed E-state index contributed by atoms with van der Waals surface area (Å²) in [6, 6.07) is 5.77. The summed E-state index contributed by atoms with van der Waals surface area (Å²) in [6.45, 7) is 6.98. The first-order valence-corrected chi connectivity index (χ1v) is 5.65. The van der Waals surface area contributed by atoms with Crippen molar-refractivity contribution in [3.05, 3.63) is 29.3 Å². The van der Waals surface area contributed by atoms with Gasteiger partial charge in [0.25, 0.3) is 0 Å². The first-order valence-electron chi connectivity index (χ1n) is 5.65. The van der Waals surface area contributed by atoms with Gasteiger partial charge in [-0.25, -0.2) is 5.90 Å². The molecule has 0 bridgehead atoms. The molecule has 0 saturated heterocycles. The zero-order chi connectivity index (χ0) is 12.2. The Kier molecular flexibility index (Phi) is 4.33. The van der Waals surface area contributed by atoms with Gasteiger partial charge < -0.3 is 9.94 Å². The van der Waals surface area contributed by atoms with Crippen LogP contribution in [0.4, 0.5) is 0 Å². The first kappa shape index (κ1) is 13.0. The minimum atomic E-state index is 0.131. The largest absolute Gasteiger partial charge is 0.508 e. The highest BCUT2D eigenvalue weighted by molar-refractivity contribution is 5.39. The summed E-state index contributed by atoms with van der Waals surface area (Å²) in [5.41, 5.74) is 2.26. The number of phenolic OH excluding ortho intramolecular Hbond substituents is 1. The minimum absolute atomic E-state index is 0.131. The summed E-state index contributed by atoms with van der Waals surface area (Å²) < 4.78 is 0. The van der Waals surface area contributed by atoms with E-state index in [9.17, 15) is 5.11 Å². The molecule has 1 aromatic rings. The maximum atomic E-state index is 9.70. The summed E-state index contributed by atoms with van der Waals surface area (Å²) in [7, 11) is 0. The third kappa shape index (κ3) is 2.97. The van der Waals surface area contributed by atoms with E-state index in [1.54, 1.807) is 6.07 Å². The molecule has 16 heavy (non-hydrogen) atoms. The first-order chi connectivity index (χ1) is 7.51. The molecule has 0 aliphatic carbocycles. The van der Waals surface area contributed by atoms with E-state index in [4.69, 9.17) is 5.90 Å². The molecule has 0 radical (unpaired) electrons. The van der Waals surface area contributed by atoms with Gasteiger partial charge in [-0.3, -0.25) is 0 Å². The van der Waals surface area contributed by atoms with Crippen LogP contribution in [-0.4, -0.2) is 11.7 Å². The average Bonchev–Trinajstić information content (AvgIpc) is 2.27. The van der Waals surface area contributed by atoms with Crippen LogP contribution in [0.5, 0.6) is 5.75 Å². The summed E-state index contributed by atoms with van der Waals surface area (Å²) in [5.74, 6) is 5.31. The summed E-state index contributed by atoms with van der Waals surface area (Å²) in [5, 5.41) is 9.70. The van der Waals surface area contributed by atoms with E-state index in [-0.39, 0.29) is 5.41 Å². The Balaban J connectivity index is 2.97. The molecule has 0 atom stereocenters. The van der Waals surface area contributed by atoms with Gasteiger partial charge in [0.1, 0.15) is 5.75 Å². The highest BCUT2D eigenvalue weighted by atomic mass is 16.6. The van der Waals surface area contributed by atoms with Crippen molar-refractivity contribution in [3.63, 3.8) is 0 Å². The van der Waals surface area contributed by atoms with Crippen molar-refractivity contribution in [1.82, 2.24) is 0 Å².